The van der Waals surface area contributed by atoms with Crippen LogP contribution in [0.2, 0.25) is 0 Å². The monoisotopic (exact) mass is 293 g/mol. The minimum absolute atomic E-state index is 0.162. The normalized spacial score (nSPS) is 10.2. The molecule has 0 saturated heterocycles. The molecule has 0 radical (unpaired) electrons. The van der Waals surface area contributed by atoms with Crippen LogP contribution in [0.1, 0.15) is 10.6 Å². The maximum absolute atomic E-state index is 12.0. The van der Waals surface area contributed by atoms with Crippen LogP contribution in [0.5, 0.6) is 11.5 Å². The average molecular weight is 293 g/mol. The van der Waals surface area contributed by atoms with Gasteiger partial charge in [0.1, 0.15) is 16.5 Å². The molecule has 0 fully saturated rings. The summed E-state index contributed by atoms with van der Waals surface area (Å²) in [5.74, 6) is 1.14. The predicted octanol–water partition coefficient (Wildman–Crippen LogP) is 2.04. The minimum atomic E-state index is -0.162. The molecule has 2 rings (SSSR count). The Morgan fingerprint density at radius 3 is 2.70 bits per heavy atom. The molecule has 20 heavy (non-hydrogen) atoms. The summed E-state index contributed by atoms with van der Waals surface area (Å²) in [7, 11) is 3.14. The van der Waals surface area contributed by atoms with Crippen LogP contribution in [0.3, 0.4) is 0 Å². The molecule has 0 aliphatic heterocycles. The largest absolute Gasteiger partial charge is 0.497 e. The Balaban J connectivity index is 2.07. The van der Waals surface area contributed by atoms with Crippen LogP contribution >= 0.6 is 11.3 Å². The fraction of sp³-hybridized carbons (Fsp3) is 0.308. The van der Waals surface area contributed by atoms with Gasteiger partial charge < -0.3 is 14.8 Å². The number of ether oxygens (including phenoxy) is 2. The van der Waals surface area contributed by atoms with E-state index >= 15 is 0 Å². The van der Waals surface area contributed by atoms with Crippen molar-refractivity contribution in [3.8, 4) is 11.5 Å². The Bertz CT molecular complexity index is 613. The molecule has 0 bridgehead atoms. The van der Waals surface area contributed by atoms with Crippen molar-refractivity contribution in [2.75, 3.05) is 19.5 Å². The lowest BCUT2D eigenvalue weighted by atomic mass is 10.1. The number of aryl methyl sites for hydroxylation is 1. The van der Waals surface area contributed by atoms with Gasteiger partial charge in [-0.2, -0.15) is 0 Å². The second kappa shape index (κ2) is 6.33. The van der Waals surface area contributed by atoms with Gasteiger partial charge in [0.2, 0.25) is 11.0 Å². The first-order chi connectivity index (χ1) is 9.62. The Hall–Kier alpha value is -2.15. The van der Waals surface area contributed by atoms with E-state index in [0.29, 0.717) is 16.6 Å². The van der Waals surface area contributed by atoms with Crippen LogP contribution in [-0.2, 0) is 11.2 Å². The maximum atomic E-state index is 12.0. The first kappa shape index (κ1) is 14.3. The number of carbonyl (C=O) groups excluding carboxylic acids is 1. The summed E-state index contributed by atoms with van der Waals surface area (Å²) in [5, 5.41) is 11.7. The lowest BCUT2D eigenvalue weighted by Gasteiger charge is -2.09. The summed E-state index contributed by atoms with van der Waals surface area (Å²) in [6.07, 6.45) is 0.200. The molecular weight excluding hydrogens is 278 g/mol. The van der Waals surface area contributed by atoms with E-state index in [1.807, 2.05) is 13.0 Å². The van der Waals surface area contributed by atoms with Crippen molar-refractivity contribution in [3.05, 3.63) is 28.8 Å². The molecule has 1 aromatic carbocycles. The fourth-order valence-corrected chi connectivity index (χ4v) is 2.29. The SMILES string of the molecule is COc1ccc(CC(=O)Nc2nnc(C)s2)c(OC)c1. The van der Waals surface area contributed by atoms with Crippen molar-refractivity contribution < 1.29 is 14.3 Å². The van der Waals surface area contributed by atoms with Gasteiger partial charge in [0.25, 0.3) is 0 Å². The number of amides is 1. The number of nitrogens with zero attached hydrogens (tertiary/aromatic N) is 2. The van der Waals surface area contributed by atoms with Crippen LogP contribution in [0.4, 0.5) is 5.13 Å². The number of anilines is 1. The van der Waals surface area contributed by atoms with Crippen LogP contribution in [0.15, 0.2) is 18.2 Å². The summed E-state index contributed by atoms with van der Waals surface area (Å²) in [4.78, 5) is 12.0. The summed E-state index contributed by atoms with van der Waals surface area (Å²) >= 11 is 1.34. The number of hydrogen-bond acceptors (Lipinski definition) is 6. The zero-order chi connectivity index (χ0) is 14.5. The molecule has 6 nitrogen and oxygen atoms in total. The Morgan fingerprint density at radius 1 is 1.30 bits per heavy atom. The van der Waals surface area contributed by atoms with Crippen molar-refractivity contribution in [1.82, 2.24) is 10.2 Å². The molecule has 0 atom stereocenters. The number of benzene rings is 1. The first-order valence-corrected chi connectivity index (χ1v) is 6.75. The smallest absolute Gasteiger partial charge is 0.230 e. The van der Waals surface area contributed by atoms with E-state index in [9.17, 15) is 4.79 Å². The van der Waals surface area contributed by atoms with Gasteiger partial charge in [-0.25, -0.2) is 0 Å². The number of rotatable bonds is 5. The molecule has 7 heteroatoms. The molecule has 1 heterocycles. The lowest BCUT2D eigenvalue weighted by molar-refractivity contribution is -0.115. The van der Waals surface area contributed by atoms with Gasteiger partial charge in [-0.1, -0.05) is 17.4 Å². The first-order valence-electron chi connectivity index (χ1n) is 5.93. The lowest BCUT2D eigenvalue weighted by Crippen LogP contribution is -2.14. The van der Waals surface area contributed by atoms with Crippen LogP contribution in [0, 0.1) is 6.92 Å². The topological polar surface area (TPSA) is 73.3 Å². The van der Waals surface area contributed by atoms with Crippen LogP contribution < -0.4 is 14.8 Å². The Kier molecular flexibility index (Phi) is 4.52. The molecule has 1 N–H and O–H groups in total. The van der Waals surface area contributed by atoms with Crippen molar-refractivity contribution in [3.63, 3.8) is 0 Å². The van der Waals surface area contributed by atoms with Gasteiger partial charge >= 0.3 is 0 Å². The van der Waals surface area contributed by atoms with E-state index in [1.165, 1.54) is 11.3 Å². The number of nitrogens with one attached hydrogen (secondary N) is 1. The summed E-state index contributed by atoms with van der Waals surface area (Å²) < 4.78 is 10.4. The van der Waals surface area contributed by atoms with Crippen molar-refractivity contribution in [2.24, 2.45) is 0 Å². The van der Waals surface area contributed by atoms with E-state index in [0.717, 1.165) is 10.6 Å². The molecule has 0 saturated carbocycles. The molecule has 2 aromatic rings. The van der Waals surface area contributed by atoms with E-state index in [-0.39, 0.29) is 12.3 Å². The Morgan fingerprint density at radius 2 is 2.10 bits per heavy atom. The van der Waals surface area contributed by atoms with Gasteiger partial charge in [-0.3, -0.25) is 4.79 Å². The third-order valence-corrected chi connectivity index (χ3v) is 3.37. The highest BCUT2D eigenvalue weighted by Crippen LogP contribution is 2.25. The van der Waals surface area contributed by atoms with Gasteiger partial charge in [-0.05, 0) is 13.0 Å². The summed E-state index contributed by atoms with van der Waals surface area (Å²) in [5.41, 5.74) is 0.784. The fourth-order valence-electron chi connectivity index (χ4n) is 1.68. The quantitative estimate of drug-likeness (QED) is 0.913. The summed E-state index contributed by atoms with van der Waals surface area (Å²) in [6.45, 7) is 1.83. The Labute approximate surface area is 120 Å². The minimum Gasteiger partial charge on any atom is -0.497 e. The molecule has 0 unspecified atom stereocenters. The second-order valence-electron chi connectivity index (χ2n) is 4.03. The van der Waals surface area contributed by atoms with Gasteiger partial charge in [0.15, 0.2) is 0 Å². The van der Waals surface area contributed by atoms with Crippen molar-refractivity contribution in [2.45, 2.75) is 13.3 Å². The van der Waals surface area contributed by atoms with Crippen LogP contribution in [0.25, 0.3) is 0 Å². The maximum Gasteiger partial charge on any atom is 0.230 e. The standard InChI is InChI=1S/C13H15N3O3S/c1-8-15-16-13(20-8)14-12(17)6-9-4-5-10(18-2)7-11(9)19-3/h4-5,7H,6H2,1-3H3,(H,14,16,17). The van der Waals surface area contributed by atoms with Crippen molar-refractivity contribution in [1.29, 1.82) is 0 Å². The highest BCUT2D eigenvalue weighted by atomic mass is 32.1. The molecule has 106 valence electrons. The van der Waals surface area contributed by atoms with E-state index in [4.69, 9.17) is 9.47 Å². The third kappa shape index (κ3) is 3.45. The average Bonchev–Trinajstić information content (AvgIpc) is 2.84. The van der Waals surface area contributed by atoms with Crippen molar-refractivity contribution >= 4 is 22.4 Å². The predicted molar refractivity (Wildman–Crippen MR) is 76.5 cm³/mol. The van der Waals surface area contributed by atoms with E-state index in [1.54, 1.807) is 26.4 Å². The highest BCUT2D eigenvalue weighted by Gasteiger charge is 2.11. The van der Waals surface area contributed by atoms with E-state index in [2.05, 4.69) is 15.5 Å². The number of methoxy groups -OCH3 is 2. The number of carbonyl (C=O) groups is 1. The van der Waals surface area contributed by atoms with E-state index < -0.39 is 0 Å². The molecule has 1 amide bonds. The molecule has 0 aliphatic carbocycles. The molecule has 0 spiro atoms. The molecule has 1 aromatic heterocycles. The number of hydrogen-bond donors (Lipinski definition) is 1. The van der Waals surface area contributed by atoms with Gasteiger partial charge in [0, 0.05) is 11.6 Å². The molecular formula is C13H15N3O3S. The summed E-state index contributed by atoms with van der Waals surface area (Å²) in [6, 6.07) is 5.35. The highest BCUT2D eigenvalue weighted by molar-refractivity contribution is 7.15. The molecule has 0 aliphatic rings. The third-order valence-electron chi connectivity index (χ3n) is 2.62. The number of aromatic nitrogens is 2. The van der Waals surface area contributed by atoms with Gasteiger partial charge in [0.05, 0.1) is 20.6 Å². The van der Waals surface area contributed by atoms with Crippen LogP contribution in [-0.4, -0.2) is 30.3 Å². The van der Waals surface area contributed by atoms with Gasteiger partial charge in [-0.15, -0.1) is 10.2 Å². The second-order valence-corrected chi connectivity index (χ2v) is 5.21. The zero-order valence-electron chi connectivity index (χ0n) is 11.5. The zero-order valence-corrected chi connectivity index (χ0v) is 12.3.